The molecule has 0 aliphatic rings. The molecule has 0 spiro atoms. The molecule has 2 rings (SSSR count). The smallest absolute Gasteiger partial charge is 0.136 e. The lowest BCUT2D eigenvalue weighted by Crippen LogP contribution is -2.08. The van der Waals surface area contributed by atoms with Gasteiger partial charge in [-0.05, 0) is 29.6 Å². The van der Waals surface area contributed by atoms with Gasteiger partial charge in [-0.1, -0.05) is 6.07 Å². The van der Waals surface area contributed by atoms with Crippen LogP contribution in [0.15, 0.2) is 40.6 Å². The molecule has 1 aromatic carbocycles. The van der Waals surface area contributed by atoms with E-state index in [2.05, 4.69) is 0 Å². The number of hydrogen-bond acceptors (Lipinski definition) is 3. The van der Waals surface area contributed by atoms with Gasteiger partial charge in [-0.25, -0.2) is 8.78 Å². The van der Waals surface area contributed by atoms with Gasteiger partial charge < -0.3 is 5.73 Å². The fourth-order valence-corrected chi connectivity index (χ4v) is 3.41. The summed E-state index contributed by atoms with van der Waals surface area (Å²) in [5.41, 5.74) is 5.67. The van der Waals surface area contributed by atoms with Gasteiger partial charge in [0, 0.05) is 16.3 Å². The van der Waals surface area contributed by atoms with Crippen LogP contribution in [-0.2, 0) is 0 Å². The van der Waals surface area contributed by atoms with Crippen molar-refractivity contribution in [1.82, 2.24) is 0 Å². The first-order valence-electron chi connectivity index (χ1n) is 5.06. The van der Waals surface area contributed by atoms with Crippen molar-refractivity contribution in [2.24, 2.45) is 5.73 Å². The third kappa shape index (κ3) is 3.06. The molecular weight excluding hydrogens is 260 g/mol. The molecule has 0 aliphatic carbocycles. The molecule has 0 radical (unpaired) electrons. The number of rotatable bonds is 4. The summed E-state index contributed by atoms with van der Waals surface area (Å²) >= 11 is 2.83. The normalized spacial score (nSPS) is 12.6. The van der Waals surface area contributed by atoms with Gasteiger partial charge in [-0.2, -0.15) is 0 Å². The van der Waals surface area contributed by atoms with Gasteiger partial charge >= 0.3 is 0 Å². The highest BCUT2D eigenvalue weighted by Crippen LogP contribution is 2.37. The monoisotopic (exact) mass is 271 g/mol. The van der Waals surface area contributed by atoms with Gasteiger partial charge in [-0.3, -0.25) is 0 Å². The van der Waals surface area contributed by atoms with E-state index in [0.717, 1.165) is 17.0 Å². The second kappa shape index (κ2) is 5.62. The fraction of sp³-hybridized carbons (Fsp3) is 0.167. The predicted molar refractivity (Wildman–Crippen MR) is 68.3 cm³/mol. The number of thioether (sulfide) groups is 1. The molecule has 1 aromatic heterocycles. The Balaban J connectivity index is 2.21. The maximum Gasteiger partial charge on any atom is 0.136 e. The van der Waals surface area contributed by atoms with E-state index in [4.69, 9.17) is 5.73 Å². The Morgan fingerprint density at radius 1 is 1.29 bits per heavy atom. The van der Waals surface area contributed by atoms with E-state index in [1.54, 1.807) is 11.3 Å². The number of nitrogens with two attached hydrogens (primary N) is 1. The minimum Gasteiger partial charge on any atom is -0.329 e. The zero-order valence-corrected chi connectivity index (χ0v) is 10.5. The molecule has 0 amide bonds. The van der Waals surface area contributed by atoms with Gasteiger partial charge in [0.05, 0.1) is 5.25 Å². The van der Waals surface area contributed by atoms with Crippen LogP contribution in [0.1, 0.15) is 10.1 Å². The topological polar surface area (TPSA) is 26.0 Å². The van der Waals surface area contributed by atoms with Gasteiger partial charge in [0.1, 0.15) is 11.6 Å². The van der Waals surface area contributed by atoms with Crippen LogP contribution in [0.3, 0.4) is 0 Å². The van der Waals surface area contributed by atoms with E-state index in [0.29, 0.717) is 11.4 Å². The van der Waals surface area contributed by atoms with Crippen LogP contribution in [0.25, 0.3) is 0 Å². The summed E-state index contributed by atoms with van der Waals surface area (Å²) in [5, 5.41) is 1.91. The molecule has 0 aliphatic heterocycles. The molecular formula is C12H11F2NS2. The second-order valence-electron chi connectivity index (χ2n) is 3.43. The summed E-state index contributed by atoms with van der Waals surface area (Å²) < 4.78 is 26.5. The van der Waals surface area contributed by atoms with E-state index in [-0.39, 0.29) is 5.25 Å². The number of benzene rings is 1. The molecule has 1 heterocycles. The van der Waals surface area contributed by atoms with E-state index in [1.807, 2.05) is 17.5 Å². The molecule has 1 nitrogen and oxygen atoms in total. The molecule has 0 fully saturated rings. The first-order valence-corrected chi connectivity index (χ1v) is 6.82. The molecule has 90 valence electrons. The van der Waals surface area contributed by atoms with E-state index >= 15 is 0 Å². The third-order valence-corrected chi connectivity index (χ3v) is 4.67. The van der Waals surface area contributed by atoms with Crippen molar-refractivity contribution in [3.8, 4) is 0 Å². The van der Waals surface area contributed by atoms with Crippen LogP contribution in [-0.4, -0.2) is 6.54 Å². The Hall–Kier alpha value is -0.910. The van der Waals surface area contributed by atoms with Crippen LogP contribution in [0, 0.1) is 11.6 Å². The van der Waals surface area contributed by atoms with Crippen molar-refractivity contribution in [3.63, 3.8) is 0 Å². The van der Waals surface area contributed by atoms with Crippen molar-refractivity contribution in [2.75, 3.05) is 6.54 Å². The molecule has 0 saturated heterocycles. The molecule has 17 heavy (non-hydrogen) atoms. The molecule has 1 unspecified atom stereocenters. The van der Waals surface area contributed by atoms with Crippen molar-refractivity contribution in [3.05, 3.63) is 52.2 Å². The quantitative estimate of drug-likeness (QED) is 0.856. The van der Waals surface area contributed by atoms with Crippen LogP contribution >= 0.6 is 23.1 Å². The van der Waals surface area contributed by atoms with Crippen molar-refractivity contribution in [2.45, 2.75) is 10.1 Å². The minimum absolute atomic E-state index is 0.0358. The van der Waals surface area contributed by atoms with Gasteiger partial charge in [0.2, 0.25) is 0 Å². The van der Waals surface area contributed by atoms with Crippen molar-refractivity contribution >= 4 is 23.1 Å². The summed E-state index contributed by atoms with van der Waals surface area (Å²) in [6.07, 6.45) is 0. The first kappa shape index (κ1) is 12.5. The Morgan fingerprint density at radius 3 is 2.76 bits per heavy atom. The fourth-order valence-electron chi connectivity index (χ4n) is 1.42. The molecule has 0 saturated carbocycles. The van der Waals surface area contributed by atoms with Gasteiger partial charge in [0.15, 0.2) is 0 Å². The first-order chi connectivity index (χ1) is 8.20. The van der Waals surface area contributed by atoms with Gasteiger partial charge in [0.25, 0.3) is 0 Å². The summed E-state index contributed by atoms with van der Waals surface area (Å²) in [7, 11) is 0. The Labute approximate surface area is 107 Å². The minimum atomic E-state index is -0.434. The lowest BCUT2D eigenvalue weighted by molar-refractivity contribution is 0.576. The third-order valence-electron chi connectivity index (χ3n) is 2.24. The standard InChI is InChI=1S/C12H11F2NS2/c13-8-3-4-9(14)11(6-8)17-12(7-15)10-2-1-5-16-10/h1-6,12H,7,15H2. The Bertz CT molecular complexity index is 485. The molecule has 5 heteroatoms. The summed E-state index contributed by atoms with van der Waals surface area (Å²) in [6.45, 7) is 0.390. The van der Waals surface area contributed by atoms with Crippen LogP contribution < -0.4 is 5.73 Å². The lowest BCUT2D eigenvalue weighted by Gasteiger charge is -2.13. The zero-order valence-electron chi connectivity index (χ0n) is 8.90. The van der Waals surface area contributed by atoms with E-state index in [9.17, 15) is 8.78 Å². The average molecular weight is 271 g/mol. The Kier molecular flexibility index (Phi) is 4.15. The molecule has 2 N–H and O–H groups in total. The average Bonchev–Trinajstić information content (AvgIpc) is 2.84. The van der Waals surface area contributed by atoms with Crippen LogP contribution in [0.2, 0.25) is 0 Å². The highest BCUT2D eigenvalue weighted by Gasteiger charge is 2.15. The van der Waals surface area contributed by atoms with Crippen molar-refractivity contribution in [1.29, 1.82) is 0 Å². The number of thiophene rings is 1. The molecule has 2 aromatic rings. The molecule has 0 bridgehead atoms. The van der Waals surface area contributed by atoms with Crippen molar-refractivity contribution < 1.29 is 8.78 Å². The summed E-state index contributed by atoms with van der Waals surface area (Å²) in [6, 6.07) is 7.33. The number of halogens is 2. The largest absolute Gasteiger partial charge is 0.329 e. The van der Waals surface area contributed by atoms with Crippen LogP contribution in [0.5, 0.6) is 0 Å². The van der Waals surface area contributed by atoms with Gasteiger partial charge in [-0.15, -0.1) is 23.1 Å². The van der Waals surface area contributed by atoms with Crippen LogP contribution in [0.4, 0.5) is 8.78 Å². The van der Waals surface area contributed by atoms with E-state index in [1.165, 1.54) is 17.8 Å². The Morgan fingerprint density at radius 2 is 2.12 bits per heavy atom. The highest BCUT2D eigenvalue weighted by atomic mass is 32.2. The number of hydrogen-bond donors (Lipinski definition) is 1. The predicted octanol–water partition coefficient (Wildman–Crippen LogP) is 3.82. The highest BCUT2D eigenvalue weighted by molar-refractivity contribution is 7.99. The SMILES string of the molecule is NCC(Sc1cc(F)ccc1F)c1cccs1. The van der Waals surface area contributed by atoms with E-state index < -0.39 is 11.6 Å². The maximum absolute atomic E-state index is 13.5. The summed E-state index contributed by atoms with van der Waals surface area (Å²) in [4.78, 5) is 1.37. The second-order valence-corrected chi connectivity index (χ2v) is 5.66. The maximum atomic E-state index is 13.5. The zero-order chi connectivity index (χ0) is 12.3. The molecule has 1 atom stereocenters. The lowest BCUT2D eigenvalue weighted by atomic mass is 10.3. The summed E-state index contributed by atoms with van der Waals surface area (Å²) in [5.74, 6) is -0.845.